The van der Waals surface area contributed by atoms with Gasteiger partial charge in [0.1, 0.15) is 0 Å². The fraction of sp³-hybridized carbons (Fsp3) is 0.278. The summed E-state index contributed by atoms with van der Waals surface area (Å²) >= 11 is 6.52. The smallest absolute Gasteiger partial charge is 0.0712 e. The lowest BCUT2D eigenvalue weighted by Crippen LogP contribution is -2.27. The Hall–Kier alpha value is -1.82. The fourth-order valence-electron chi connectivity index (χ4n) is 2.28. The van der Waals surface area contributed by atoms with Crippen molar-refractivity contribution in [2.24, 2.45) is 0 Å². The topological polar surface area (TPSA) is 27.0 Å². The van der Waals surface area contributed by atoms with Crippen molar-refractivity contribution in [1.29, 1.82) is 5.26 Å². The Morgan fingerprint density at radius 1 is 1.00 bits per heavy atom. The molecule has 2 aromatic carbocycles. The monoisotopic (exact) mass is 298 g/mol. The van der Waals surface area contributed by atoms with Crippen molar-refractivity contribution in [1.82, 2.24) is 4.90 Å². The lowest BCUT2D eigenvalue weighted by molar-refractivity contribution is 0.271. The average molecular weight is 299 g/mol. The molecular formula is C18H19ClN2. The molecule has 2 rings (SSSR count). The fourth-order valence-corrected chi connectivity index (χ4v) is 2.62. The van der Waals surface area contributed by atoms with Gasteiger partial charge in [0.15, 0.2) is 0 Å². The van der Waals surface area contributed by atoms with E-state index in [4.69, 9.17) is 16.9 Å². The van der Waals surface area contributed by atoms with Gasteiger partial charge in [-0.15, -0.1) is 11.6 Å². The normalized spacial score (nSPS) is 12.0. The molecule has 0 radical (unpaired) electrons. The van der Waals surface area contributed by atoms with Crippen molar-refractivity contribution >= 4 is 11.6 Å². The zero-order chi connectivity index (χ0) is 14.9. The van der Waals surface area contributed by atoms with E-state index in [-0.39, 0.29) is 5.38 Å². The molecule has 0 saturated carbocycles. The molecule has 0 unspecified atom stereocenters. The van der Waals surface area contributed by atoms with Gasteiger partial charge in [0, 0.05) is 26.1 Å². The first-order chi connectivity index (χ1) is 10.3. The molecule has 0 aliphatic heterocycles. The highest BCUT2D eigenvalue weighted by Crippen LogP contribution is 2.22. The highest BCUT2D eigenvalue weighted by Gasteiger charge is 2.13. The van der Waals surface area contributed by atoms with E-state index >= 15 is 0 Å². The van der Waals surface area contributed by atoms with Crippen LogP contribution in [0.5, 0.6) is 0 Å². The van der Waals surface area contributed by atoms with Crippen LogP contribution >= 0.6 is 11.6 Å². The summed E-state index contributed by atoms with van der Waals surface area (Å²) in [5.74, 6) is 0. The van der Waals surface area contributed by atoms with E-state index in [9.17, 15) is 0 Å². The number of benzene rings is 2. The third kappa shape index (κ3) is 5.23. The molecule has 0 spiro atoms. The Morgan fingerprint density at radius 3 is 2.24 bits per heavy atom. The van der Waals surface area contributed by atoms with Crippen molar-refractivity contribution in [3.63, 3.8) is 0 Å². The van der Waals surface area contributed by atoms with Gasteiger partial charge in [-0.2, -0.15) is 5.26 Å². The van der Waals surface area contributed by atoms with E-state index in [0.717, 1.165) is 25.2 Å². The number of alkyl halides is 1. The molecule has 21 heavy (non-hydrogen) atoms. The molecule has 0 N–H and O–H groups in total. The molecule has 0 bridgehead atoms. The van der Waals surface area contributed by atoms with Gasteiger partial charge in [-0.25, -0.2) is 0 Å². The molecule has 2 nitrogen and oxygen atoms in total. The second kappa shape index (κ2) is 8.46. The van der Waals surface area contributed by atoms with Gasteiger partial charge in [-0.05, 0) is 11.1 Å². The zero-order valence-electron chi connectivity index (χ0n) is 12.0. The summed E-state index contributed by atoms with van der Waals surface area (Å²) < 4.78 is 0. The van der Waals surface area contributed by atoms with Gasteiger partial charge in [0.05, 0.1) is 11.4 Å². The van der Waals surface area contributed by atoms with Crippen molar-refractivity contribution in [2.75, 3.05) is 13.1 Å². The summed E-state index contributed by atoms with van der Waals surface area (Å²) in [5.41, 5.74) is 2.36. The first-order valence-corrected chi connectivity index (χ1v) is 7.55. The van der Waals surface area contributed by atoms with Crippen LogP contribution in [0, 0.1) is 11.3 Å². The van der Waals surface area contributed by atoms with Crippen LogP contribution in [0.2, 0.25) is 0 Å². The third-order valence-corrected chi connectivity index (χ3v) is 3.76. The second-order valence-corrected chi connectivity index (χ2v) is 5.53. The molecular weight excluding hydrogens is 280 g/mol. The third-order valence-electron chi connectivity index (χ3n) is 3.37. The van der Waals surface area contributed by atoms with Gasteiger partial charge in [-0.1, -0.05) is 60.7 Å². The first-order valence-electron chi connectivity index (χ1n) is 7.12. The second-order valence-electron chi connectivity index (χ2n) is 5.01. The molecule has 2 aromatic rings. The van der Waals surface area contributed by atoms with E-state index in [2.05, 4.69) is 23.1 Å². The molecule has 3 heteroatoms. The van der Waals surface area contributed by atoms with Crippen LogP contribution in [-0.2, 0) is 6.54 Å². The molecule has 1 atom stereocenters. The van der Waals surface area contributed by atoms with Crippen molar-refractivity contribution in [3.8, 4) is 6.07 Å². The Labute approximate surface area is 131 Å². The maximum Gasteiger partial charge on any atom is 0.0712 e. The minimum Gasteiger partial charge on any atom is -0.296 e. The van der Waals surface area contributed by atoms with Crippen LogP contribution in [-0.4, -0.2) is 18.0 Å². The summed E-state index contributed by atoms with van der Waals surface area (Å²) in [6, 6.07) is 22.6. The van der Waals surface area contributed by atoms with Gasteiger partial charge in [-0.3, -0.25) is 4.90 Å². The SMILES string of the molecule is N#CCCN(Cc1ccccc1)C[C@@H](Cl)c1ccccc1. The van der Waals surface area contributed by atoms with Crippen LogP contribution in [0.1, 0.15) is 22.9 Å². The van der Waals surface area contributed by atoms with E-state index in [1.165, 1.54) is 5.56 Å². The molecule has 0 aromatic heterocycles. The van der Waals surface area contributed by atoms with E-state index < -0.39 is 0 Å². The Bertz CT molecular complexity index is 563. The number of hydrogen-bond acceptors (Lipinski definition) is 2. The number of halogens is 1. The summed E-state index contributed by atoms with van der Waals surface area (Å²) in [4.78, 5) is 2.24. The Kier molecular flexibility index (Phi) is 6.27. The quantitative estimate of drug-likeness (QED) is 0.709. The van der Waals surface area contributed by atoms with Crippen LogP contribution in [0.15, 0.2) is 60.7 Å². The van der Waals surface area contributed by atoms with Gasteiger partial charge in [0.25, 0.3) is 0 Å². The molecule has 0 amide bonds. The first kappa shape index (κ1) is 15.6. The highest BCUT2D eigenvalue weighted by molar-refractivity contribution is 6.21. The number of nitrogens with zero attached hydrogens (tertiary/aromatic N) is 2. The largest absolute Gasteiger partial charge is 0.296 e. The molecule has 0 aliphatic rings. The van der Waals surface area contributed by atoms with Crippen LogP contribution in [0.3, 0.4) is 0 Å². The molecule has 0 heterocycles. The minimum absolute atomic E-state index is 0.0615. The summed E-state index contributed by atoms with van der Waals surface area (Å²) in [6.45, 7) is 2.29. The molecule has 0 saturated heterocycles. The average Bonchev–Trinajstić information content (AvgIpc) is 2.54. The standard InChI is InChI=1S/C18H19ClN2/c19-18(17-10-5-2-6-11-17)15-21(13-7-12-20)14-16-8-3-1-4-9-16/h1-6,8-11,18H,7,13-15H2/t18-/m1/s1. The van der Waals surface area contributed by atoms with Crippen LogP contribution in [0.4, 0.5) is 0 Å². The summed E-state index contributed by atoms with van der Waals surface area (Å²) in [6.07, 6.45) is 0.519. The lowest BCUT2D eigenvalue weighted by Gasteiger charge is -2.24. The minimum atomic E-state index is -0.0615. The maximum atomic E-state index is 8.82. The molecule has 108 valence electrons. The predicted molar refractivity (Wildman–Crippen MR) is 87.0 cm³/mol. The number of hydrogen-bond donors (Lipinski definition) is 0. The van der Waals surface area contributed by atoms with Crippen molar-refractivity contribution in [3.05, 3.63) is 71.8 Å². The summed E-state index contributed by atoms with van der Waals surface area (Å²) in [5, 5.41) is 8.76. The zero-order valence-corrected chi connectivity index (χ0v) is 12.7. The Morgan fingerprint density at radius 2 is 1.62 bits per heavy atom. The van der Waals surface area contributed by atoms with Gasteiger partial charge in [0.2, 0.25) is 0 Å². The summed E-state index contributed by atoms with van der Waals surface area (Å²) in [7, 11) is 0. The number of rotatable bonds is 7. The highest BCUT2D eigenvalue weighted by atomic mass is 35.5. The molecule has 0 aliphatic carbocycles. The Balaban J connectivity index is 2.01. The van der Waals surface area contributed by atoms with Crippen LogP contribution < -0.4 is 0 Å². The van der Waals surface area contributed by atoms with Gasteiger partial charge < -0.3 is 0 Å². The van der Waals surface area contributed by atoms with E-state index in [1.807, 2.05) is 48.5 Å². The number of nitriles is 1. The predicted octanol–water partition coefficient (Wildman–Crippen LogP) is 4.38. The van der Waals surface area contributed by atoms with E-state index in [0.29, 0.717) is 6.42 Å². The lowest BCUT2D eigenvalue weighted by atomic mass is 10.1. The molecule has 0 fully saturated rings. The van der Waals surface area contributed by atoms with Crippen LogP contribution in [0.25, 0.3) is 0 Å². The van der Waals surface area contributed by atoms with Gasteiger partial charge >= 0.3 is 0 Å². The van der Waals surface area contributed by atoms with Crippen molar-refractivity contribution < 1.29 is 0 Å². The van der Waals surface area contributed by atoms with E-state index in [1.54, 1.807) is 0 Å². The maximum absolute atomic E-state index is 8.82. The van der Waals surface area contributed by atoms with Crippen molar-refractivity contribution in [2.45, 2.75) is 18.3 Å².